The number of benzene rings is 2. The average molecular weight is 469 g/mol. The molecule has 7 heteroatoms. The van der Waals surface area contributed by atoms with Gasteiger partial charge in [-0.3, -0.25) is 4.99 Å². The van der Waals surface area contributed by atoms with Crippen LogP contribution in [0.3, 0.4) is 0 Å². The molecule has 1 saturated heterocycles. The van der Waals surface area contributed by atoms with Crippen molar-refractivity contribution in [3.05, 3.63) is 71.3 Å². The number of fused-ring (bicyclic) bond motifs is 1. The molecule has 2 aromatic rings. The van der Waals surface area contributed by atoms with Gasteiger partial charge in [-0.05, 0) is 54.7 Å². The first-order valence-corrected chi connectivity index (χ1v) is 10.2. The summed E-state index contributed by atoms with van der Waals surface area (Å²) in [5.41, 5.74) is 0.138. The molecule has 3 nitrogen and oxygen atoms in total. The monoisotopic (exact) mass is 468 g/mol. The molecule has 0 saturated carbocycles. The minimum absolute atomic E-state index is 0. The first-order chi connectivity index (χ1) is 13.1. The second kappa shape index (κ2) is 8.93. The Hall–Kier alpha value is -1.44. The van der Waals surface area contributed by atoms with Crippen LogP contribution < -0.4 is 0 Å². The fraction of sp³-hybridized carbons (Fsp3) is 0.381. The van der Waals surface area contributed by atoms with Gasteiger partial charge in [-0.15, -0.1) is 17.0 Å². The maximum absolute atomic E-state index is 13.9. The zero-order valence-corrected chi connectivity index (χ0v) is 17.9. The van der Waals surface area contributed by atoms with E-state index in [0.717, 1.165) is 31.0 Å². The Morgan fingerprint density at radius 1 is 1.07 bits per heavy atom. The molecule has 0 bridgehead atoms. The lowest BCUT2D eigenvalue weighted by Crippen LogP contribution is -2.51. The smallest absolute Gasteiger partial charge is 0.162 e. The topological polar surface area (TPSA) is 35.8 Å². The van der Waals surface area contributed by atoms with Gasteiger partial charge in [0.05, 0.1) is 5.25 Å². The highest BCUT2D eigenvalue weighted by molar-refractivity contribution is 8.93. The second-order valence-electron chi connectivity index (χ2n) is 7.11. The lowest BCUT2D eigenvalue weighted by Gasteiger charge is -2.38. The van der Waals surface area contributed by atoms with Crippen LogP contribution in [0.2, 0.25) is 0 Å². The number of halogens is 3. The van der Waals surface area contributed by atoms with Crippen LogP contribution in [0.1, 0.15) is 35.6 Å². The fourth-order valence-corrected chi connectivity index (χ4v) is 5.29. The van der Waals surface area contributed by atoms with Gasteiger partial charge in [-0.2, -0.15) is 0 Å². The Bertz CT molecular complexity index is 866. The number of nitrogens with zero attached hydrogens (tertiary/aromatic N) is 2. The highest BCUT2D eigenvalue weighted by Gasteiger charge is 2.52. The second-order valence-corrected chi connectivity index (χ2v) is 8.19. The number of thioether (sulfide) groups is 1. The van der Waals surface area contributed by atoms with Crippen LogP contribution >= 0.6 is 28.7 Å². The van der Waals surface area contributed by atoms with E-state index in [0.29, 0.717) is 17.7 Å². The zero-order chi connectivity index (χ0) is 18.9. The van der Waals surface area contributed by atoms with E-state index in [1.54, 1.807) is 12.1 Å². The Morgan fingerprint density at radius 3 is 2.57 bits per heavy atom. The highest BCUT2D eigenvalue weighted by Crippen LogP contribution is 2.51. The van der Waals surface area contributed by atoms with Gasteiger partial charge in [0, 0.05) is 19.5 Å². The van der Waals surface area contributed by atoms with Crippen LogP contribution in [-0.2, 0) is 6.42 Å². The Morgan fingerprint density at radius 2 is 1.82 bits per heavy atom. The lowest BCUT2D eigenvalue weighted by molar-refractivity contribution is -0.0649. The zero-order valence-electron chi connectivity index (χ0n) is 15.4. The molecule has 2 heterocycles. The minimum atomic E-state index is -1.29. The third kappa shape index (κ3) is 4.26. The SMILES string of the molecule is Br.OC1(Cc2cccc(F)c2)C(c2cccc(F)c2)SC2=NCCCCCN21. The lowest BCUT2D eigenvalue weighted by atomic mass is 9.93. The molecule has 0 amide bonds. The summed E-state index contributed by atoms with van der Waals surface area (Å²) in [6, 6.07) is 12.7. The van der Waals surface area contributed by atoms with Crippen LogP contribution in [0.4, 0.5) is 8.78 Å². The van der Waals surface area contributed by atoms with Crippen LogP contribution in [-0.4, -0.2) is 34.0 Å². The molecule has 150 valence electrons. The molecule has 2 aliphatic heterocycles. The summed E-state index contributed by atoms with van der Waals surface area (Å²) in [5.74, 6) is -0.659. The van der Waals surface area contributed by atoms with Gasteiger partial charge >= 0.3 is 0 Å². The van der Waals surface area contributed by atoms with Crippen molar-refractivity contribution in [2.45, 2.75) is 36.7 Å². The summed E-state index contributed by atoms with van der Waals surface area (Å²) in [5, 5.41) is 12.2. The van der Waals surface area contributed by atoms with E-state index in [1.807, 2.05) is 17.0 Å². The third-order valence-electron chi connectivity index (χ3n) is 5.13. The van der Waals surface area contributed by atoms with Gasteiger partial charge < -0.3 is 10.0 Å². The van der Waals surface area contributed by atoms with E-state index in [-0.39, 0.29) is 35.0 Å². The summed E-state index contributed by atoms with van der Waals surface area (Å²) < 4.78 is 27.6. The molecule has 0 aliphatic carbocycles. The maximum atomic E-state index is 13.9. The molecule has 4 rings (SSSR count). The minimum Gasteiger partial charge on any atom is -0.369 e. The highest BCUT2D eigenvalue weighted by atomic mass is 79.9. The Kier molecular flexibility index (Phi) is 6.78. The molecule has 2 unspecified atom stereocenters. The molecule has 1 N–H and O–H groups in total. The Labute approximate surface area is 178 Å². The molecule has 2 aromatic carbocycles. The van der Waals surface area contributed by atoms with Crippen molar-refractivity contribution in [1.29, 1.82) is 0 Å². The molecule has 2 atom stereocenters. The van der Waals surface area contributed by atoms with Gasteiger partial charge in [0.1, 0.15) is 11.6 Å². The normalized spacial score (nSPS) is 24.6. The predicted octanol–water partition coefficient (Wildman–Crippen LogP) is 5.10. The first-order valence-electron chi connectivity index (χ1n) is 9.27. The summed E-state index contributed by atoms with van der Waals surface area (Å²) >= 11 is 1.47. The summed E-state index contributed by atoms with van der Waals surface area (Å²) in [4.78, 5) is 6.62. The quantitative estimate of drug-likeness (QED) is 0.680. The van der Waals surface area contributed by atoms with Gasteiger partial charge in [0.2, 0.25) is 0 Å². The largest absolute Gasteiger partial charge is 0.369 e. The molecule has 28 heavy (non-hydrogen) atoms. The van der Waals surface area contributed by atoms with Crippen molar-refractivity contribution >= 4 is 33.9 Å². The molecular weight excluding hydrogens is 446 g/mol. The third-order valence-corrected chi connectivity index (χ3v) is 6.58. The van der Waals surface area contributed by atoms with Gasteiger partial charge in [-0.25, -0.2) is 8.78 Å². The van der Waals surface area contributed by atoms with E-state index < -0.39 is 11.0 Å². The van der Waals surface area contributed by atoms with E-state index in [1.165, 1.54) is 36.0 Å². The van der Waals surface area contributed by atoms with Crippen molar-refractivity contribution in [2.24, 2.45) is 4.99 Å². The first kappa shape index (κ1) is 21.3. The van der Waals surface area contributed by atoms with Gasteiger partial charge in [0.15, 0.2) is 10.9 Å². The molecule has 0 spiro atoms. The molecule has 1 fully saturated rings. The maximum Gasteiger partial charge on any atom is 0.162 e. The van der Waals surface area contributed by atoms with Crippen molar-refractivity contribution in [3.8, 4) is 0 Å². The summed E-state index contributed by atoms with van der Waals surface area (Å²) in [6.45, 7) is 1.41. The number of rotatable bonds is 3. The molecular formula is C21H23BrF2N2OS. The predicted molar refractivity (Wildman–Crippen MR) is 115 cm³/mol. The van der Waals surface area contributed by atoms with Crippen molar-refractivity contribution in [1.82, 2.24) is 4.90 Å². The molecule has 2 aliphatic rings. The molecule has 0 radical (unpaired) electrons. The van der Waals surface area contributed by atoms with Gasteiger partial charge in [0.25, 0.3) is 0 Å². The number of aliphatic hydroxyl groups is 1. The number of aliphatic imine (C=N–C) groups is 1. The van der Waals surface area contributed by atoms with E-state index >= 15 is 0 Å². The number of amidine groups is 1. The Balaban J connectivity index is 0.00000225. The average Bonchev–Trinajstić information content (AvgIpc) is 2.85. The van der Waals surface area contributed by atoms with Crippen LogP contribution in [0.25, 0.3) is 0 Å². The van der Waals surface area contributed by atoms with Crippen LogP contribution in [0, 0.1) is 11.6 Å². The van der Waals surface area contributed by atoms with Gasteiger partial charge in [-0.1, -0.05) is 36.0 Å². The van der Waals surface area contributed by atoms with E-state index in [4.69, 9.17) is 0 Å². The number of hydrogen-bond donors (Lipinski definition) is 1. The van der Waals surface area contributed by atoms with E-state index in [2.05, 4.69) is 4.99 Å². The summed E-state index contributed by atoms with van der Waals surface area (Å²) in [6.07, 6.45) is 3.29. The van der Waals surface area contributed by atoms with Crippen LogP contribution in [0.15, 0.2) is 53.5 Å². The van der Waals surface area contributed by atoms with Crippen molar-refractivity contribution < 1.29 is 13.9 Å². The van der Waals surface area contributed by atoms with Crippen LogP contribution in [0.5, 0.6) is 0 Å². The summed E-state index contributed by atoms with van der Waals surface area (Å²) in [7, 11) is 0. The van der Waals surface area contributed by atoms with E-state index in [9.17, 15) is 13.9 Å². The standard InChI is InChI=1S/C21H22F2N2OS.BrH/c22-17-8-4-6-15(12-17)14-21(26)19(16-7-5-9-18(23)13-16)27-20-24-10-2-1-3-11-25(20)21;/h4-9,12-13,19,26H,1-3,10-11,14H2;1H. The van der Waals surface area contributed by atoms with Crippen molar-refractivity contribution in [2.75, 3.05) is 13.1 Å². The molecule has 0 aromatic heterocycles. The fourth-order valence-electron chi connectivity index (χ4n) is 3.86. The number of hydrogen-bond acceptors (Lipinski definition) is 4. The van der Waals surface area contributed by atoms with Crippen molar-refractivity contribution in [3.63, 3.8) is 0 Å².